The molecule has 1 aromatic carbocycles. The zero-order valence-electron chi connectivity index (χ0n) is 12.1. The largest absolute Gasteiger partial charge is 0.364 e. The highest BCUT2D eigenvalue weighted by Crippen LogP contribution is 2.24. The Hall–Kier alpha value is -1.84. The van der Waals surface area contributed by atoms with Crippen molar-refractivity contribution in [3.8, 4) is 11.4 Å². The minimum absolute atomic E-state index is 0.0598. The standard InChI is InChI=1S/C15H20FN3/c1-9-6-7-11(8-12(9)16)14-17-10(2)13(18-14)19-15(3,4)5/h6-8,19H,1-5H3,(H,17,18). The summed E-state index contributed by atoms with van der Waals surface area (Å²) in [6.45, 7) is 9.93. The molecule has 3 nitrogen and oxygen atoms in total. The van der Waals surface area contributed by atoms with Gasteiger partial charge in [0.25, 0.3) is 0 Å². The molecule has 4 heteroatoms. The molecular formula is C15H20FN3. The highest BCUT2D eigenvalue weighted by atomic mass is 19.1. The normalized spacial score (nSPS) is 11.7. The first-order valence-corrected chi connectivity index (χ1v) is 6.37. The smallest absolute Gasteiger partial charge is 0.148 e. The highest BCUT2D eigenvalue weighted by Gasteiger charge is 2.15. The fourth-order valence-electron chi connectivity index (χ4n) is 1.81. The maximum atomic E-state index is 13.6. The number of anilines is 1. The van der Waals surface area contributed by atoms with Crippen LogP contribution < -0.4 is 5.32 Å². The van der Waals surface area contributed by atoms with Crippen LogP contribution in [0.2, 0.25) is 0 Å². The van der Waals surface area contributed by atoms with Gasteiger partial charge in [-0.15, -0.1) is 0 Å². The van der Waals surface area contributed by atoms with Crippen LogP contribution in [-0.4, -0.2) is 15.5 Å². The van der Waals surface area contributed by atoms with E-state index in [1.807, 2.05) is 13.0 Å². The van der Waals surface area contributed by atoms with Gasteiger partial charge in [-0.3, -0.25) is 0 Å². The Labute approximate surface area is 113 Å². The molecular weight excluding hydrogens is 241 g/mol. The van der Waals surface area contributed by atoms with Gasteiger partial charge in [-0.1, -0.05) is 12.1 Å². The van der Waals surface area contributed by atoms with E-state index >= 15 is 0 Å². The molecule has 0 atom stereocenters. The molecule has 0 radical (unpaired) electrons. The zero-order chi connectivity index (χ0) is 14.2. The van der Waals surface area contributed by atoms with Crippen LogP contribution in [0.1, 0.15) is 32.0 Å². The van der Waals surface area contributed by atoms with Gasteiger partial charge in [0.05, 0.1) is 5.69 Å². The summed E-state index contributed by atoms with van der Waals surface area (Å²) >= 11 is 0. The van der Waals surface area contributed by atoms with Crippen LogP contribution in [0.25, 0.3) is 11.4 Å². The van der Waals surface area contributed by atoms with Gasteiger partial charge in [0.2, 0.25) is 0 Å². The van der Waals surface area contributed by atoms with Crippen molar-refractivity contribution < 1.29 is 4.39 Å². The Morgan fingerprint density at radius 3 is 2.47 bits per heavy atom. The Bertz CT molecular complexity index is 594. The molecule has 102 valence electrons. The summed E-state index contributed by atoms with van der Waals surface area (Å²) in [5, 5.41) is 3.33. The molecule has 0 spiro atoms. The summed E-state index contributed by atoms with van der Waals surface area (Å²) < 4.78 is 13.6. The third-order valence-corrected chi connectivity index (χ3v) is 2.82. The maximum Gasteiger partial charge on any atom is 0.148 e. The fourth-order valence-corrected chi connectivity index (χ4v) is 1.81. The lowest BCUT2D eigenvalue weighted by Gasteiger charge is -2.20. The highest BCUT2D eigenvalue weighted by molar-refractivity contribution is 5.60. The summed E-state index contributed by atoms with van der Waals surface area (Å²) in [6, 6.07) is 5.14. The van der Waals surface area contributed by atoms with E-state index in [9.17, 15) is 4.39 Å². The van der Waals surface area contributed by atoms with Gasteiger partial charge >= 0.3 is 0 Å². The van der Waals surface area contributed by atoms with Crippen LogP contribution in [0.15, 0.2) is 18.2 Å². The molecule has 0 unspecified atom stereocenters. The molecule has 19 heavy (non-hydrogen) atoms. The molecule has 0 bridgehead atoms. The number of rotatable bonds is 2. The topological polar surface area (TPSA) is 40.7 Å². The van der Waals surface area contributed by atoms with Crippen LogP contribution >= 0.6 is 0 Å². The number of halogens is 1. The minimum Gasteiger partial charge on any atom is -0.364 e. The molecule has 0 aliphatic heterocycles. The van der Waals surface area contributed by atoms with Crippen molar-refractivity contribution >= 4 is 5.82 Å². The molecule has 1 aromatic heterocycles. The van der Waals surface area contributed by atoms with Crippen LogP contribution in [-0.2, 0) is 0 Å². The van der Waals surface area contributed by atoms with Gasteiger partial charge < -0.3 is 10.3 Å². The van der Waals surface area contributed by atoms with Crippen LogP contribution in [0.3, 0.4) is 0 Å². The number of nitrogens with one attached hydrogen (secondary N) is 2. The first-order chi connectivity index (χ1) is 8.76. The van der Waals surface area contributed by atoms with Gasteiger partial charge in [-0.2, -0.15) is 0 Å². The summed E-state index contributed by atoms with van der Waals surface area (Å²) in [6.07, 6.45) is 0. The molecule has 0 fully saturated rings. The molecule has 1 heterocycles. The van der Waals surface area contributed by atoms with Crippen molar-refractivity contribution in [3.05, 3.63) is 35.3 Å². The zero-order valence-corrected chi connectivity index (χ0v) is 12.1. The lowest BCUT2D eigenvalue weighted by atomic mass is 10.1. The molecule has 0 aliphatic carbocycles. The van der Waals surface area contributed by atoms with Crippen molar-refractivity contribution in [2.75, 3.05) is 5.32 Å². The molecule has 2 rings (SSSR count). The number of aromatic amines is 1. The van der Waals surface area contributed by atoms with Gasteiger partial charge in [-0.05, 0) is 46.2 Å². The first-order valence-electron chi connectivity index (χ1n) is 6.37. The summed E-state index contributed by atoms with van der Waals surface area (Å²) in [4.78, 5) is 7.69. The summed E-state index contributed by atoms with van der Waals surface area (Å²) in [5.74, 6) is 1.28. The molecule has 2 aromatic rings. The second-order valence-electron chi connectivity index (χ2n) is 5.90. The lowest BCUT2D eigenvalue weighted by Crippen LogP contribution is -2.26. The minimum atomic E-state index is -0.211. The Morgan fingerprint density at radius 2 is 1.89 bits per heavy atom. The third kappa shape index (κ3) is 3.13. The van der Waals surface area contributed by atoms with E-state index in [2.05, 4.69) is 36.1 Å². The summed E-state index contributed by atoms with van der Waals surface area (Å²) in [5.41, 5.74) is 2.29. The number of imidazole rings is 1. The van der Waals surface area contributed by atoms with Crippen LogP contribution in [0.4, 0.5) is 10.2 Å². The second-order valence-corrected chi connectivity index (χ2v) is 5.90. The van der Waals surface area contributed by atoms with E-state index in [-0.39, 0.29) is 11.4 Å². The number of benzene rings is 1. The predicted molar refractivity (Wildman–Crippen MR) is 76.8 cm³/mol. The number of aryl methyl sites for hydroxylation is 2. The number of nitrogens with zero attached hydrogens (tertiary/aromatic N) is 1. The van der Waals surface area contributed by atoms with E-state index in [4.69, 9.17) is 0 Å². The van der Waals surface area contributed by atoms with E-state index in [1.165, 1.54) is 6.07 Å². The van der Waals surface area contributed by atoms with Gasteiger partial charge in [0.1, 0.15) is 17.5 Å². The monoisotopic (exact) mass is 261 g/mol. The quantitative estimate of drug-likeness (QED) is 0.856. The lowest BCUT2D eigenvalue weighted by molar-refractivity contribution is 0.619. The third-order valence-electron chi connectivity index (χ3n) is 2.82. The Morgan fingerprint density at radius 1 is 1.21 bits per heavy atom. The number of H-pyrrole nitrogens is 1. The van der Waals surface area contributed by atoms with Crippen molar-refractivity contribution in [1.29, 1.82) is 0 Å². The van der Waals surface area contributed by atoms with E-state index in [1.54, 1.807) is 13.0 Å². The number of aromatic nitrogens is 2. The molecule has 0 aliphatic rings. The van der Waals surface area contributed by atoms with E-state index < -0.39 is 0 Å². The Kier molecular flexibility index (Phi) is 3.35. The second kappa shape index (κ2) is 4.68. The van der Waals surface area contributed by atoms with Crippen LogP contribution in [0.5, 0.6) is 0 Å². The molecule has 0 amide bonds. The van der Waals surface area contributed by atoms with E-state index in [0.717, 1.165) is 17.1 Å². The summed E-state index contributed by atoms with van der Waals surface area (Å²) in [7, 11) is 0. The molecule has 0 saturated heterocycles. The van der Waals surface area contributed by atoms with Gasteiger partial charge in [0.15, 0.2) is 0 Å². The van der Waals surface area contributed by atoms with Crippen LogP contribution in [0, 0.1) is 19.7 Å². The average molecular weight is 261 g/mol. The Balaban J connectivity index is 2.36. The SMILES string of the molecule is Cc1ccc(-c2nc(NC(C)(C)C)c(C)[nH]2)cc1F. The van der Waals surface area contributed by atoms with Crippen molar-refractivity contribution in [2.24, 2.45) is 0 Å². The molecule has 0 saturated carbocycles. The number of hydrogen-bond donors (Lipinski definition) is 2. The predicted octanol–water partition coefficient (Wildman–Crippen LogP) is 4.04. The average Bonchev–Trinajstić information content (AvgIpc) is 2.62. The fraction of sp³-hybridized carbons (Fsp3) is 0.400. The molecule has 2 N–H and O–H groups in total. The van der Waals surface area contributed by atoms with E-state index in [0.29, 0.717) is 11.4 Å². The van der Waals surface area contributed by atoms with Gasteiger partial charge in [-0.25, -0.2) is 9.37 Å². The van der Waals surface area contributed by atoms with Crippen molar-refractivity contribution in [2.45, 2.75) is 40.2 Å². The maximum absolute atomic E-state index is 13.6. The number of hydrogen-bond acceptors (Lipinski definition) is 2. The first kappa shape index (κ1) is 13.6. The van der Waals surface area contributed by atoms with Crippen molar-refractivity contribution in [3.63, 3.8) is 0 Å². The van der Waals surface area contributed by atoms with Crippen molar-refractivity contribution in [1.82, 2.24) is 9.97 Å². The van der Waals surface area contributed by atoms with Gasteiger partial charge in [0, 0.05) is 11.1 Å².